The summed E-state index contributed by atoms with van der Waals surface area (Å²) in [7, 11) is 0. The van der Waals surface area contributed by atoms with Gasteiger partial charge in [0.2, 0.25) is 70.9 Å². The Kier molecular flexibility index (Phi) is 33.4. The maximum atomic E-state index is 14.0. The number of hydrogen-bond acceptors (Lipinski definition) is 17. The fraction of sp³-hybridized carbons (Fsp3) is 0.696. The van der Waals surface area contributed by atoms with Gasteiger partial charge in [0.1, 0.15) is 48.3 Å². The third-order valence-electron chi connectivity index (χ3n) is 11.3. The SMILES string of the molecule is CC(C)C[C@H](NC(=O)[C@H](CCC(N)=O)NC(=O)[C@H](CC(N)=O)NC(=O)[C@H](CO)NC(=O)[C@H](CCC(N)=O)NC(=O)[C@H](CC(C)C)NC(=O)[C@H](CCCN=C(N)N)NC(=O)[C@@H](N)CCC(N)=O)C(=O)N[C@@H](CCCCN)C(=O)O. The van der Waals surface area contributed by atoms with Crippen molar-refractivity contribution in [3.05, 3.63) is 0 Å². The Labute approximate surface area is 451 Å². The summed E-state index contributed by atoms with van der Waals surface area (Å²) < 4.78 is 0. The van der Waals surface area contributed by atoms with Gasteiger partial charge in [-0.05, 0) is 82.6 Å². The van der Waals surface area contributed by atoms with Crippen LogP contribution in [0.25, 0.3) is 0 Å². The third-order valence-corrected chi connectivity index (χ3v) is 11.3. The lowest BCUT2D eigenvalue weighted by Gasteiger charge is -2.28. The van der Waals surface area contributed by atoms with Crippen LogP contribution in [0.5, 0.6) is 0 Å². The first-order chi connectivity index (χ1) is 36.4. The lowest BCUT2D eigenvalue weighted by atomic mass is 10.0. The fourth-order valence-corrected chi connectivity index (χ4v) is 7.26. The maximum Gasteiger partial charge on any atom is 0.326 e. The summed E-state index contributed by atoms with van der Waals surface area (Å²) in [6.45, 7) is 5.92. The minimum absolute atomic E-state index is 0.0232. The number of nitrogens with one attached hydrogen (secondary N) is 8. The number of carboxylic acids is 1. The van der Waals surface area contributed by atoms with Crippen molar-refractivity contribution in [3.63, 3.8) is 0 Å². The van der Waals surface area contributed by atoms with E-state index in [1.165, 1.54) is 0 Å². The number of aliphatic imine (C=N–C) groups is 1. The molecule has 0 saturated carbocycles. The maximum absolute atomic E-state index is 14.0. The molecule has 12 amide bonds. The van der Waals surface area contributed by atoms with Crippen molar-refractivity contribution in [3.8, 4) is 0 Å². The van der Waals surface area contributed by atoms with E-state index in [9.17, 15) is 72.5 Å². The quantitative estimate of drug-likeness (QED) is 0.0154. The molecule has 0 aliphatic rings. The molecule has 0 aromatic heterocycles. The Balaban J connectivity index is 6.68. The Bertz CT molecular complexity index is 2110. The number of aliphatic carboxylic acids is 1. The molecule has 0 saturated heterocycles. The zero-order chi connectivity index (χ0) is 59.8. The van der Waals surface area contributed by atoms with Crippen molar-refractivity contribution in [1.29, 1.82) is 0 Å². The molecule has 0 unspecified atom stereocenters. The summed E-state index contributed by atoms with van der Waals surface area (Å²) in [5.41, 5.74) is 43.4. The lowest BCUT2D eigenvalue weighted by molar-refractivity contribution is -0.142. The van der Waals surface area contributed by atoms with Gasteiger partial charge in [0, 0.05) is 25.8 Å². The van der Waals surface area contributed by atoms with Crippen LogP contribution in [0, 0.1) is 11.8 Å². The van der Waals surface area contributed by atoms with E-state index in [0.717, 1.165) is 0 Å². The van der Waals surface area contributed by atoms with E-state index in [-0.39, 0.29) is 75.8 Å². The second kappa shape index (κ2) is 37.1. The number of aliphatic hydroxyl groups excluding tert-OH is 1. The van der Waals surface area contributed by atoms with Crippen LogP contribution < -0.4 is 88.4 Å². The van der Waals surface area contributed by atoms with Gasteiger partial charge in [-0.25, -0.2) is 4.79 Å². The first-order valence-corrected chi connectivity index (χ1v) is 25.3. The molecule has 0 rings (SSSR count). The molecule has 26 N–H and O–H groups in total. The van der Waals surface area contributed by atoms with Crippen LogP contribution in [0.1, 0.15) is 118 Å². The first-order valence-electron chi connectivity index (χ1n) is 25.3. The highest BCUT2D eigenvalue weighted by Gasteiger charge is 2.36. The van der Waals surface area contributed by atoms with Gasteiger partial charge in [0.05, 0.1) is 19.1 Å². The second-order valence-corrected chi connectivity index (χ2v) is 19.3. The van der Waals surface area contributed by atoms with Crippen LogP contribution in [-0.2, 0) is 62.3 Å². The fourth-order valence-electron chi connectivity index (χ4n) is 7.26. The molecule has 0 aliphatic carbocycles. The van der Waals surface area contributed by atoms with Crippen LogP contribution in [0.4, 0.5) is 0 Å². The summed E-state index contributed by atoms with van der Waals surface area (Å²) in [6, 6.07) is -14.1. The molecule has 0 bridgehead atoms. The Morgan fingerprint density at radius 1 is 0.423 bits per heavy atom. The number of carboxylic acid groups (broad SMARTS) is 1. The number of rotatable bonds is 41. The van der Waals surface area contributed by atoms with E-state index in [1.54, 1.807) is 27.7 Å². The van der Waals surface area contributed by atoms with E-state index < -0.39 is 170 Å². The van der Waals surface area contributed by atoms with Crippen LogP contribution in [-0.4, -0.2) is 167 Å². The summed E-state index contributed by atoms with van der Waals surface area (Å²) in [5.74, 6) is -14.4. The molecule has 0 aliphatic heterocycles. The van der Waals surface area contributed by atoms with E-state index in [1.807, 2.05) is 0 Å². The Morgan fingerprint density at radius 2 is 0.769 bits per heavy atom. The summed E-state index contributed by atoms with van der Waals surface area (Å²) >= 11 is 0. The van der Waals surface area contributed by atoms with Gasteiger partial charge in [-0.15, -0.1) is 0 Å². The van der Waals surface area contributed by atoms with Gasteiger partial charge in [-0.3, -0.25) is 62.5 Å². The van der Waals surface area contributed by atoms with Gasteiger partial charge in [0.25, 0.3) is 0 Å². The number of guanidine groups is 1. The van der Waals surface area contributed by atoms with Crippen molar-refractivity contribution in [2.24, 2.45) is 62.7 Å². The predicted octanol–water partition coefficient (Wildman–Crippen LogP) is -7.78. The van der Waals surface area contributed by atoms with Gasteiger partial charge in [-0.1, -0.05) is 27.7 Å². The van der Waals surface area contributed by atoms with Crippen molar-refractivity contribution in [2.75, 3.05) is 19.7 Å². The first kappa shape index (κ1) is 70.3. The monoisotopic (exact) mass is 1110 g/mol. The number of primary amides is 4. The average Bonchev–Trinajstić information content (AvgIpc) is 3.33. The number of hydrogen-bond donors (Lipinski definition) is 18. The topological polar surface area (TPSA) is 579 Å². The van der Waals surface area contributed by atoms with Crippen molar-refractivity contribution < 1.29 is 72.5 Å². The smallest absolute Gasteiger partial charge is 0.326 e. The number of unbranched alkanes of at least 4 members (excludes halogenated alkanes) is 1. The zero-order valence-corrected chi connectivity index (χ0v) is 44.6. The van der Waals surface area contributed by atoms with Crippen LogP contribution in [0.2, 0.25) is 0 Å². The van der Waals surface area contributed by atoms with E-state index in [2.05, 4.69) is 47.5 Å². The molecule has 9 atom stereocenters. The Hall–Kier alpha value is -7.74. The summed E-state index contributed by atoms with van der Waals surface area (Å²) in [6.07, 6.45) is -2.54. The normalized spacial score (nSPS) is 14.5. The second-order valence-electron chi connectivity index (χ2n) is 19.3. The molecular weight excluding hydrogens is 1030 g/mol. The minimum Gasteiger partial charge on any atom is -0.480 e. The van der Waals surface area contributed by atoms with E-state index in [4.69, 9.17) is 45.9 Å². The molecule has 0 spiro atoms. The van der Waals surface area contributed by atoms with E-state index >= 15 is 0 Å². The minimum atomic E-state index is -1.97. The van der Waals surface area contributed by atoms with Crippen LogP contribution >= 0.6 is 0 Å². The molecule has 32 heteroatoms. The predicted molar refractivity (Wildman–Crippen MR) is 279 cm³/mol. The van der Waals surface area contributed by atoms with Gasteiger partial charge in [-0.2, -0.15) is 0 Å². The number of aliphatic hydroxyl groups is 1. The number of amides is 12. The summed E-state index contributed by atoms with van der Waals surface area (Å²) in [5, 5.41) is 38.9. The third kappa shape index (κ3) is 30.1. The largest absolute Gasteiger partial charge is 0.480 e. The molecule has 0 aromatic rings. The lowest BCUT2D eigenvalue weighted by Crippen LogP contribution is -2.61. The molecule has 0 aromatic carbocycles. The van der Waals surface area contributed by atoms with Crippen molar-refractivity contribution >= 4 is 82.8 Å². The number of nitrogens with zero attached hydrogens (tertiary/aromatic N) is 1. The van der Waals surface area contributed by atoms with Gasteiger partial charge in [0.15, 0.2) is 5.96 Å². The van der Waals surface area contributed by atoms with Gasteiger partial charge >= 0.3 is 5.97 Å². The van der Waals surface area contributed by atoms with Crippen molar-refractivity contribution in [2.45, 2.75) is 172 Å². The highest BCUT2D eigenvalue weighted by molar-refractivity contribution is 5.99. The highest BCUT2D eigenvalue weighted by Crippen LogP contribution is 2.12. The molecule has 442 valence electrons. The molecule has 32 nitrogen and oxygen atoms in total. The molecular formula is C46H83N17O15. The summed E-state index contributed by atoms with van der Waals surface area (Å²) in [4.78, 5) is 172. The number of carbonyl (C=O) groups excluding carboxylic acids is 12. The van der Waals surface area contributed by atoms with E-state index in [0.29, 0.717) is 12.8 Å². The van der Waals surface area contributed by atoms with Crippen molar-refractivity contribution in [1.82, 2.24) is 42.5 Å². The number of nitrogens with two attached hydrogens (primary N) is 8. The average molecular weight is 1110 g/mol. The standard InChI is InChI=1S/C46H83N17O15/c1-22(2)18-29(60-38(70)25(9-7-17-55-46(53)54)56-37(69)24(48)10-13-33(49)65)41(73)57-27(12-15-35(51)67)40(72)63-32(21-64)44(76)62-31(20-36(52)68)43(75)58-26(11-14-34(50)66)39(71)61-30(19-23(3)4)42(74)59-28(45(77)78)8-5-6-16-47/h22-32,64H,5-21,47-48H2,1-4H3,(H2,49,65)(H2,50,66)(H2,51,67)(H2,52,68)(H,56,69)(H,57,73)(H,58,75)(H,59,74)(H,60,70)(H,61,71)(H,62,76)(H,63,72)(H,77,78)(H4,53,54,55)/t24-,25-,26-,27-,28-,29-,30-,31-,32-/m0/s1. The van der Waals surface area contributed by atoms with Crippen LogP contribution in [0.15, 0.2) is 4.99 Å². The van der Waals surface area contributed by atoms with Crippen LogP contribution in [0.3, 0.4) is 0 Å². The molecule has 78 heavy (non-hydrogen) atoms. The number of carbonyl (C=O) groups is 13. The molecule has 0 radical (unpaired) electrons. The molecule has 0 fully saturated rings. The zero-order valence-electron chi connectivity index (χ0n) is 44.6. The molecule has 0 heterocycles. The Morgan fingerprint density at radius 3 is 1.17 bits per heavy atom. The highest BCUT2D eigenvalue weighted by atomic mass is 16.4. The van der Waals surface area contributed by atoms with Gasteiger partial charge < -0.3 is 98.6 Å².